The Morgan fingerprint density at radius 2 is 1.97 bits per heavy atom. The number of carbonyl (C=O) groups excluding carboxylic acids is 1. The van der Waals surface area contributed by atoms with Gasteiger partial charge >= 0.3 is 0 Å². The summed E-state index contributed by atoms with van der Waals surface area (Å²) in [7, 11) is 0. The van der Waals surface area contributed by atoms with E-state index in [9.17, 15) is 4.79 Å². The van der Waals surface area contributed by atoms with Gasteiger partial charge in [-0.1, -0.05) is 26.0 Å². The van der Waals surface area contributed by atoms with Crippen LogP contribution in [0.2, 0.25) is 0 Å². The van der Waals surface area contributed by atoms with Crippen molar-refractivity contribution in [3.05, 3.63) is 29.8 Å². The molecule has 1 aromatic carbocycles. The van der Waals surface area contributed by atoms with Crippen LogP contribution >= 0.6 is 0 Å². The van der Waals surface area contributed by atoms with Gasteiger partial charge in [0.2, 0.25) is 0 Å². The smallest absolute Gasteiger partial charge is 0.258 e. The van der Waals surface area contributed by atoms with Crippen molar-refractivity contribution in [2.45, 2.75) is 52.5 Å². The normalized spacial score (nSPS) is 13.9. The Kier molecular flexibility index (Phi) is 11.1. The molecule has 7 nitrogen and oxygen atoms in total. The first-order valence-electron chi connectivity index (χ1n) is 11.2. The first-order chi connectivity index (χ1) is 14.6. The molecule has 0 bridgehead atoms. The number of ether oxygens (including phenoxy) is 2. The van der Waals surface area contributed by atoms with E-state index in [1.807, 2.05) is 24.3 Å². The topological polar surface area (TPSA) is 84.0 Å². The Hall–Kier alpha value is -2.28. The summed E-state index contributed by atoms with van der Waals surface area (Å²) in [6.45, 7) is 10.4. The van der Waals surface area contributed by atoms with E-state index in [4.69, 9.17) is 9.47 Å². The Morgan fingerprint density at radius 3 is 2.63 bits per heavy atom. The second-order valence-corrected chi connectivity index (χ2v) is 8.03. The largest absolute Gasteiger partial charge is 0.484 e. The lowest BCUT2D eigenvalue weighted by Gasteiger charge is -2.12. The van der Waals surface area contributed by atoms with Crippen LogP contribution in [0.3, 0.4) is 0 Å². The molecule has 168 valence electrons. The van der Waals surface area contributed by atoms with Crippen LogP contribution in [-0.2, 0) is 16.0 Å². The molecule has 1 aliphatic rings. The van der Waals surface area contributed by atoms with Crippen LogP contribution in [0.25, 0.3) is 0 Å². The molecule has 0 atom stereocenters. The molecule has 7 heteroatoms. The predicted octanol–water partition coefficient (Wildman–Crippen LogP) is 2.50. The van der Waals surface area contributed by atoms with Crippen molar-refractivity contribution in [3.63, 3.8) is 0 Å². The number of nitrogens with zero attached hydrogens (tertiary/aromatic N) is 1. The average Bonchev–Trinajstić information content (AvgIpc) is 3.53. The fourth-order valence-corrected chi connectivity index (χ4v) is 2.74. The van der Waals surface area contributed by atoms with E-state index >= 15 is 0 Å². The van der Waals surface area contributed by atoms with Crippen molar-refractivity contribution in [2.75, 3.05) is 39.5 Å². The van der Waals surface area contributed by atoms with E-state index in [-0.39, 0.29) is 12.5 Å². The molecule has 0 saturated heterocycles. The lowest BCUT2D eigenvalue weighted by atomic mass is 10.1. The zero-order valence-corrected chi connectivity index (χ0v) is 18.7. The number of aliphatic imine (C=N–C) groups is 1. The van der Waals surface area contributed by atoms with Gasteiger partial charge in [-0.15, -0.1) is 0 Å². The lowest BCUT2D eigenvalue weighted by molar-refractivity contribution is -0.123. The van der Waals surface area contributed by atoms with Gasteiger partial charge in [0.15, 0.2) is 12.6 Å². The zero-order valence-electron chi connectivity index (χ0n) is 18.7. The standard InChI is InChI=1S/C23H38N4O3/c1-4-24-23(25-13-5-15-29-16-18(2)3)26-14-12-19-6-10-21(11-7-19)30-17-22(28)27-20-8-9-20/h6-7,10-11,18,20H,4-5,8-9,12-17H2,1-3H3,(H,27,28)(H2,24,25,26). The van der Waals surface area contributed by atoms with E-state index in [2.05, 4.69) is 41.7 Å². The van der Waals surface area contributed by atoms with Crippen LogP contribution in [0.5, 0.6) is 5.75 Å². The van der Waals surface area contributed by atoms with Crippen molar-refractivity contribution in [2.24, 2.45) is 10.9 Å². The number of benzene rings is 1. The van der Waals surface area contributed by atoms with Gasteiger partial charge in [0.1, 0.15) is 5.75 Å². The highest BCUT2D eigenvalue weighted by Crippen LogP contribution is 2.18. The summed E-state index contributed by atoms with van der Waals surface area (Å²) in [5.41, 5.74) is 1.20. The summed E-state index contributed by atoms with van der Waals surface area (Å²) in [5, 5.41) is 9.56. The van der Waals surface area contributed by atoms with Crippen molar-refractivity contribution < 1.29 is 14.3 Å². The Balaban J connectivity index is 1.63. The molecule has 0 spiro atoms. The summed E-state index contributed by atoms with van der Waals surface area (Å²) in [6, 6.07) is 8.26. The molecular weight excluding hydrogens is 380 g/mol. The van der Waals surface area contributed by atoms with Gasteiger partial charge in [0.05, 0.1) is 0 Å². The monoisotopic (exact) mass is 418 g/mol. The molecule has 3 N–H and O–H groups in total. The Bertz CT molecular complexity index is 642. The molecule has 0 heterocycles. The van der Waals surface area contributed by atoms with Crippen molar-refractivity contribution in [1.82, 2.24) is 16.0 Å². The van der Waals surface area contributed by atoms with E-state index in [1.165, 1.54) is 5.56 Å². The molecule has 0 radical (unpaired) electrons. The summed E-state index contributed by atoms with van der Waals surface area (Å²) in [5.74, 6) is 2.07. The van der Waals surface area contributed by atoms with Crippen LogP contribution in [0, 0.1) is 5.92 Å². The molecule has 1 aromatic rings. The Morgan fingerprint density at radius 1 is 1.20 bits per heavy atom. The third kappa shape index (κ3) is 11.0. The van der Waals surface area contributed by atoms with E-state index < -0.39 is 0 Å². The maximum absolute atomic E-state index is 11.7. The SMILES string of the molecule is CCNC(=NCCCOCC(C)C)NCCc1ccc(OCC(=O)NC2CC2)cc1. The maximum Gasteiger partial charge on any atom is 0.258 e. The number of nitrogens with one attached hydrogen (secondary N) is 3. The number of hydrogen-bond donors (Lipinski definition) is 3. The molecule has 1 fully saturated rings. The van der Waals surface area contributed by atoms with Gasteiger partial charge in [-0.3, -0.25) is 9.79 Å². The molecular formula is C23H38N4O3. The van der Waals surface area contributed by atoms with Gasteiger partial charge in [0.25, 0.3) is 5.91 Å². The van der Waals surface area contributed by atoms with Gasteiger partial charge < -0.3 is 25.4 Å². The number of guanidine groups is 1. The minimum absolute atomic E-state index is 0.0486. The Labute approximate surface area is 181 Å². The van der Waals surface area contributed by atoms with E-state index in [0.717, 1.165) is 64.5 Å². The molecule has 30 heavy (non-hydrogen) atoms. The molecule has 0 aliphatic heterocycles. The third-order valence-electron chi connectivity index (χ3n) is 4.45. The quantitative estimate of drug-likeness (QED) is 0.246. The van der Waals surface area contributed by atoms with E-state index in [1.54, 1.807) is 0 Å². The van der Waals surface area contributed by atoms with Crippen molar-refractivity contribution in [1.29, 1.82) is 0 Å². The predicted molar refractivity (Wildman–Crippen MR) is 121 cm³/mol. The van der Waals surface area contributed by atoms with Crippen LogP contribution in [0.4, 0.5) is 0 Å². The van der Waals surface area contributed by atoms with Crippen LogP contribution < -0.4 is 20.7 Å². The van der Waals surface area contributed by atoms with Crippen LogP contribution in [-0.4, -0.2) is 57.4 Å². The van der Waals surface area contributed by atoms with Gasteiger partial charge in [0, 0.05) is 38.9 Å². The van der Waals surface area contributed by atoms with Gasteiger partial charge in [-0.25, -0.2) is 0 Å². The second-order valence-electron chi connectivity index (χ2n) is 8.03. The fraction of sp³-hybridized carbons (Fsp3) is 0.652. The zero-order chi connectivity index (χ0) is 21.6. The molecule has 1 amide bonds. The summed E-state index contributed by atoms with van der Waals surface area (Å²) >= 11 is 0. The highest BCUT2D eigenvalue weighted by molar-refractivity contribution is 5.79. The van der Waals surface area contributed by atoms with Crippen LogP contribution in [0.1, 0.15) is 45.6 Å². The van der Waals surface area contributed by atoms with Gasteiger partial charge in [-0.05, 0) is 56.2 Å². The van der Waals surface area contributed by atoms with E-state index in [0.29, 0.717) is 17.7 Å². The van der Waals surface area contributed by atoms with Crippen molar-refractivity contribution >= 4 is 11.9 Å². The summed E-state index contributed by atoms with van der Waals surface area (Å²) in [4.78, 5) is 16.3. The third-order valence-corrected chi connectivity index (χ3v) is 4.45. The average molecular weight is 419 g/mol. The summed E-state index contributed by atoms with van der Waals surface area (Å²) < 4.78 is 11.1. The van der Waals surface area contributed by atoms with Crippen molar-refractivity contribution in [3.8, 4) is 5.75 Å². The molecule has 1 saturated carbocycles. The molecule has 2 rings (SSSR count). The first-order valence-corrected chi connectivity index (χ1v) is 11.2. The molecule has 1 aliphatic carbocycles. The molecule has 0 unspecified atom stereocenters. The second kappa shape index (κ2) is 13.9. The minimum atomic E-state index is -0.0486. The summed E-state index contributed by atoms with van der Waals surface area (Å²) in [6.07, 6.45) is 3.97. The maximum atomic E-state index is 11.7. The molecule has 0 aromatic heterocycles. The number of amides is 1. The highest BCUT2D eigenvalue weighted by atomic mass is 16.5. The number of rotatable bonds is 14. The lowest BCUT2D eigenvalue weighted by Crippen LogP contribution is -2.38. The fourth-order valence-electron chi connectivity index (χ4n) is 2.74. The van der Waals surface area contributed by atoms with Crippen LogP contribution in [0.15, 0.2) is 29.3 Å². The number of carbonyl (C=O) groups is 1. The highest BCUT2D eigenvalue weighted by Gasteiger charge is 2.23. The minimum Gasteiger partial charge on any atom is -0.484 e. The number of hydrogen-bond acceptors (Lipinski definition) is 4. The van der Waals surface area contributed by atoms with Gasteiger partial charge in [-0.2, -0.15) is 0 Å². The first kappa shape index (κ1) is 24.0.